The minimum atomic E-state index is -0.975. The Balaban J connectivity index is 1.40. The van der Waals surface area contributed by atoms with Gasteiger partial charge in [0, 0.05) is 24.8 Å². The normalized spacial score (nSPS) is 25.0. The van der Waals surface area contributed by atoms with Crippen LogP contribution in [0.4, 0.5) is 5.69 Å². The SMILES string of the molecule is Cc1nn(C)c(C)c1CCCNC(=O)[C@@H]1C2C(=O)Nc3ccccc3C(=O)[C@@]21C. The summed E-state index contributed by atoms with van der Waals surface area (Å²) < 4.78 is 1.87. The monoisotopic (exact) mass is 394 g/mol. The average molecular weight is 394 g/mol. The summed E-state index contributed by atoms with van der Waals surface area (Å²) in [5.41, 5.74) is 3.37. The van der Waals surface area contributed by atoms with Crippen LogP contribution in [-0.4, -0.2) is 33.9 Å². The molecule has 0 saturated heterocycles. The second-order valence-corrected chi connectivity index (χ2v) is 8.27. The Kier molecular flexibility index (Phi) is 4.56. The van der Waals surface area contributed by atoms with Crippen LogP contribution in [0.5, 0.6) is 0 Å². The lowest BCUT2D eigenvalue weighted by Gasteiger charge is -2.12. The molecule has 1 aromatic heterocycles. The Hall–Kier alpha value is -2.96. The number of carbonyl (C=O) groups excluding carboxylic acids is 3. The fraction of sp³-hybridized carbons (Fsp3) is 0.455. The van der Waals surface area contributed by atoms with Crippen LogP contribution in [0.1, 0.15) is 40.7 Å². The van der Waals surface area contributed by atoms with Crippen LogP contribution < -0.4 is 10.6 Å². The molecular weight excluding hydrogens is 368 g/mol. The summed E-state index contributed by atoms with van der Waals surface area (Å²) in [5.74, 6) is -1.86. The number of nitrogens with zero attached hydrogens (tertiary/aromatic N) is 2. The van der Waals surface area contributed by atoms with E-state index in [4.69, 9.17) is 0 Å². The number of ketones is 1. The van der Waals surface area contributed by atoms with Crippen molar-refractivity contribution in [3.8, 4) is 0 Å². The first-order chi connectivity index (χ1) is 13.8. The third kappa shape index (κ3) is 2.96. The smallest absolute Gasteiger partial charge is 0.229 e. The van der Waals surface area contributed by atoms with Crippen LogP contribution in [0.25, 0.3) is 0 Å². The van der Waals surface area contributed by atoms with Crippen molar-refractivity contribution in [3.63, 3.8) is 0 Å². The summed E-state index contributed by atoms with van der Waals surface area (Å²) in [6.07, 6.45) is 1.60. The Bertz CT molecular complexity index is 1030. The molecule has 1 aliphatic heterocycles. The number of benzene rings is 1. The first-order valence-corrected chi connectivity index (χ1v) is 9.98. The third-order valence-corrected chi connectivity index (χ3v) is 6.56. The van der Waals surface area contributed by atoms with E-state index >= 15 is 0 Å². The van der Waals surface area contributed by atoms with Crippen molar-refractivity contribution in [1.82, 2.24) is 15.1 Å². The van der Waals surface area contributed by atoms with E-state index in [1.54, 1.807) is 31.2 Å². The van der Waals surface area contributed by atoms with Crippen molar-refractivity contribution in [1.29, 1.82) is 0 Å². The van der Waals surface area contributed by atoms with Gasteiger partial charge in [0.2, 0.25) is 11.8 Å². The second kappa shape index (κ2) is 6.83. The number of para-hydroxylation sites is 1. The zero-order chi connectivity index (χ0) is 20.9. The van der Waals surface area contributed by atoms with Gasteiger partial charge in [0.05, 0.1) is 28.6 Å². The number of nitrogens with one attached hydrogen (secondary N) is 2. The fourth-order valence-electron chi connectivity index (χ4n) is 4.70. The van der Waals surface area contributed by atoms with E-state index in [1.807, 2.05) is 25.6 Å². The maximum absolute atomic E-state index is 13.1. The molecule has 3 atom stereocenters. The van der Waals surface area contributed by atoms with Gasteiger partial charge in [0.1, 0.15) is 0 Å². The van der Waals surface area contributed by atoms with Gasteiger partial charge in [0.25, 0.3) is 0 Å². The molecule has 7 nitrogen and oxygen atoms in total. The molecule has 2 aromatic rings. The second-order valence-electron chi connectivity index (χ2n) is 8.27. The Labute approximate surface area is 169 Å². The van der Waals surface area contributed by atoms with Crippen molar-refractivity contribution in [3.05, 3.63) is 46.8 Å². The van der Waals surface area contributed by atoms with Crippen LogP contribution in [0, 0.1) is 31.1 Å². The van der Waals surface area contributed by atoms with Crippen molar-refractivity contribution in [2.45, 2.75) is 33.6 Å². The largest absolute Gasteiger partial charge is 0.356 e. The highest BCUT2D eigenvalue weighted by molar-refractivity contribution is 6.19. The molecule has 152 valence electrons. The van der Waals surface area contributed by atoms with E-state index in [-0.39, 0.29) is 17.6 Å². The highest BCUT2D eigenvalue weighted by Crippen LogP contribution is 2.62. The van der Waals surface area contributed by atoms with Crippen LogP contribution in [0.3, 0.4) is 0 Å². The number of hydrogen-bond acceptors (Lipinski definition) is 4. The first kappa shape index (κ1) is 19.4. The Morgan fingerprint density at radius 1 is 1.28 bits per heavy atom. The van der Waals surface area contributed by atoms with Gasteiger partial charge in [-0.1, -0.05) is 19.1 Å². The predicted molar refractivity (Wildman–Crippen MR) is 109 cm³/mol. The molecule has 1 fully saturated rings. The minimum absolute atomic E-state index is 0.141. The average Bonchev–Trinajstić information content (AvgIpc) is 3.27. The number of hydrogen-bond donors (Lipinski definition) is 2. The van der Waals surface area contributed by atoms with Gasteiger partial charge < -0.3 is 10.6 Å². The molecule has 7 heteroatoms. The van der Waals surface area contributed by atoms with Gasteiger partial charge in [-0.3, -0.25) is 19.1 Å². The summed E-state index contributed by atoms with van der Waals surface area (Å²) in [5, 5.41) is 10.2. The zero-order valence-electron chi connectivity index (χ0n) is 17.2. The quantitative estimate of drug-likeness (QED) is 0.760. The van der Waals surface area contributed by atoms with E-state index in [0.29, 0.717) is 17.8 Å². The minimum Gasteiger partial charge on any atom is -0.356 e. The van der Waals surface area contributed by atoms with Crippen molar-refractivity contribution in [2.24, 2.45) is 24.3 Å². The van der Waals surface area contributed by atoms with Gasteiger partial charge in [-0.25, -0.2) is 0 Å². The van der Waals surface area contributed by atoms with Crippen molar-refractivity contribution in [2.75, 3.05) is 11.9 Å². The Morgan fingerprint density at radius 3 is 2.69 bits per heavy atom. The summed E-state index contributed by atoms with van der Waals surface area (Å²) in [7, 11) is 1.92. The van der Waals surface area contributed by atoms with Gasteiger partial charge in [-0.15, -0.1) is 0 Å². The molecule has 0 radical (unpaired) electrons. The zero-order valence-corrected chi connectivity index (χ0v) is 17.2. The number of anilines is 1. The molecule has 1 unspecified atom stereocenters. The number of aromatic nitrogens is 2. The highest BCUT2D eigenvalue weighted by atomic mass is 16.2. The molecule has 2 heterocycles. The summed E-state index contributed by atoms with van der Waals surface area (Å²) >= 11 is 0. The van der Waals surface area contributed by atoms with Crippen molar-refractivity contribution >= 4 is 23.3 Å². The van der Waals surface area contributed by atoms with E-state index in [0.717, 1.165) is 24.2 Å². The number of carbonyl (C=O) groups is 3. The molecule has 2 amide bonds. The van der Waals surface area contributed by atoms with Gasteiger partial charge in [0.15, 0.2) is 5.78 Å². The van der Waals surface area contributed by atoms with Crippen LogP contribution in [0.15, 0.2) is 24.3 Å². The third-order valence-electron chi connectivity index (χ3n) is 6.56. The maximum atomic E-state index is 13.1. The van der Waals surface area contributed by atoms with E-state index in [1.165, 1.54) is 5.56 Å². The molecular formula is C22H26N4O3. The first-order valence-electron chi connectivity index (χ1n) is 9.98. The number of fused-ring (bicyclic) bond motifs is 2. The van der Waals surface area contributed by atoms with E-state index < -0.39 is 17.3 Å². The molecule has 0 bridgehead atoms. The van der Waals surface area contributed by atoms with Crippen LogP contribution in [0.2, 0.25) is 0 Å². The van der Waals surface area contributed by atoms with Crippen LogP contribution >= 0.6 is 0 Å². The molecule has 1 aliphatic carbocycles. The van der Waals surface area contributed by atoms with E-state index in [2.05, 4.69) is 15.7 Å². The topological polar surface area (TPSA) is 93.1 Å². The molecule has 29 heavy (non-hydrogen) atoms. The lowest BCUT2D eigenvalue weighted by Crippen LogP contribution is -2.31. The number of Topliss-reactive ketones (excluding diaryl/α,β-unsaturated/α-hetero) is 1. The van der Waals surface area contributed by atoms with Crippen LogP contribution in [-0.2, 0) is 23.1 Å². The molecule has 4 rings (SSSR count). The number of aryl methyl sites for hydroxylation is 2. The molecule has 1 aromatic carbocycles. The number of amides is 2. The fourth-order valence-corrected chi connectivity index (χ4v) is 4.70. The Morgan fingerprint density at radius 2 is 2.00 bits per heavy atom. The van der Waals surface area contributed by atoms with Gasteiger partial charge in [-0.05, 0) is 44.4 Å². The summed E-state index contributed by atoms with van der Waals surface area (Å²) in [6, 6.07) is 6.97. The number of rotatable bonds is 5. The van der Waals surface area contributed by atoms with Gasteiger partial charge in [-0.2, -0.15) is 5.10 Å². The molecule has 2 N–H and O–H groups in total. The van der Waals surface area contributed by atoms with Crippen molar-refractivity contribution < 1.29 is 14.4 Å². The summed E-state index contributed by atoms with van der Waals surface area (Å²) in [6.45, 7) is 6.25. The van der Waals surface area contributed by atoms with E-state index in [9.17, 15) is 14.4 Å². The lowest BCUT2D eigenvalue weighted by molar-refractivity contribution is -0.125. The predicted octanol–water partition coefficient (Wildman–Crippen LogP) is 2.17. The highest BCUT2D eigenvalue weighted by Gasteiger charge is 2.73. The van der Waals surface area contributed by atoms with Gasteiger partial charge >= 0.3 is 0 Å². The molecule has 2 aliphatic rings. The molecule has 1 saturated carbocycles. The summed E-state index contributed by atoms with van der Waals surface area (Å²) in [4.78, 5) is 38.5. The lowest BCUT2D eigenvalue weighted by atomic mass is 9.92. The maximum Gasteiger partial charge on any atom is 0.229 e. The standard InChI is InChI=1S/C22H26N4O3/c1-12-14(13(2)26(4)25-12)9-7-11-23-20(28)17-18-21(29)24-16-10-6-5-8-15(16)19(27)22(17,18)3/h5-6,8,10,17-18H,7,9,11H2,1-4H3,(H,23,28)(H,24,29)/t17-,18?,22+/m0/s1. The molecule has 0 spiro atoms.